The number of likely N-dealkylation sites (tertiary alicyclic amines) is 1. The highest BCUT2D eigenvalue weighted by Crippen LogP contribution is 2.37. The van der Waals surface area contributed by atoms with Gasteiger partial charge in [-0.2, -0.15) is 0 Å². The molecule has 1 atom stereocenters. The molecule has 3 aromatic rings. The molecule has 1 N–H and O–H groups in total. The number of hydrogen-bond donors (Lipinski definition) is 1. The van der Waals surface area contributed by atoms with Crippen molar-refractivity contribution in [2.24, 2.45) is 0 Å². The molecule has 0 bridgehead atoms. The molecule has 0 saturated carbocycles. The predicted octanol–water partition coefficient (Wildman–Crippen LogP) is 4.59. The fraction of sp³-hybridized carbons (Fsp3) is 0.350. The lowest BCUT2D eigenvalue weighted by molar-refractivity contribution is 0.310. The highest BCUT2D eigenvalue weighted by molar-refractivity contribution is 7.98. The van der Waals surface area contributed by atoms with Gasteiger partial charge in [0.05, 0.1) is 0 Å². The first-order valence-electron chi connectivity index (χ1n) is 8.56. The van der Waals surface area contributed by atoms with Gasteiger partial charge in [0.15, 0.2) is 0 Å². The van der Waals surface area contributed by atoms with E-state index in [9.17, 15) is 0 Å². The summed E-state index contributed by atoms with van der Waals surface area (Å²) in [4.78, 5) is 11.7. The van der Waals surface area contributed by atoms with Crippen molar-refractivity contribution in [2.45, 2.75) is 30.2 Å². The molecule has 0 spiro atoms. The van der Waals surface area contributed by atoms with Crippen LogP contribution in [0.25, 0.3) is 22.2 Å². The number of H-pyrrole nitrogens is 1. The minimum absolute atomic E-state index is 0.638. The second-order valence-electron chi connectivity index (χ2n) is 6.58. The van der Waals surface area contributed by atoms with Crippen LogP contribution in [0.15, 0.2) is 47.6 Å². The van der Waals surface area contributed by atoms with Gasteiger partial charge in [-0.3, -0.25) is 4.98 Å². The van der Waals surface area contributed by atoms with E-state index in [1.165, 1.54) is 52.0 Å². The van der Waals surface area contributed by atoms with Gasteiger partial charge in [-0.05, 0) is 68.9 Å². The molecule has 1 fully saturated rings. The van der Waals surface area contributed by atoms with Crippen molar-refractivity contribution in [1.82, 2.24) is 14.9 Å². The molecule has 0 amide bonds. The third-order valence-electron chi connectivity index (χ3n) is 5.19. The Balaban J connectivity index is 1.89. The SMILES string of the molecule is CSc1cccc2[nH]c(-c3ccncc3)c(C[C@H]3CCCN3C)c12. The number of aromatic amines is 1. The van der Waals surface area contributed by atoms with Gasteiger partial charge in [0, 0.05) is 45.5 Å². The number of likely N-dealkylation sites (N-methyl/N-ethyl adjacent to an activating group) is 1. The maximum atomic E-state index is 4.18. The summed E-state index contributed by atoms with van der Waals surface area (Å²) in [6.45, 7) is 1.22. The Bertz CT molecular complexity index is 841. The molecule has 1 aromatic carbocycles. The number of aromatic nitrogens is 2. The Kier molecular flexibility index (Phi) is 4.33. The lowest BCUT2D eigenvalue weighted by Crippen LogP contribution is -2.26. The third kappa shape index (κ3) is 2.74. The summed E-state index contributed by atoms with van der Waals surface area (Å²) in [7, 11) is 2.26. The highest BCUT2D eigenvalue weighted by atomic mass is 32.2. The number of nitrogens with zero attached hydrogens (tertiary/aromatic N) is 2. The number of nitrogens with one attached hydrogen (secondary N) is 1. The van der Waals surface area contributed by atoms with E-state index in [1.54, 1.807) is 0 Å². The van der Waals surface area contributed by atoms with Gasteiger partial charge in [-0.15, -0.1) is 11.8 Å². The maximum absolute atomic E-state index is 4.18. The average molecular weight is 337 g/mol. The molecule has 24 heavy (non-hydrogen) atoms. The van der Waals surface area contributed by atoms with Crippen LogP contribution in [0.4, 0.5) is 0 Å². The van der Waals surface area contributed by atoms with Crippen LogP contribution in [-0.4, -0.2) is 40.8 Å². The van der Waals surface area contributed by atoms with Gasteiger partial charge < -0.3 is 9.88 Å². The van der Waals surface area contributed by atoms with Crippen LogP contribution in [0, 0.1) is 0 Å². The van der Waals surface area contributed by atoms with Crippen molar-refractivity contribution in [3.63, 3.8) is 0 Å². The maximum Gasteiger partial charge on any atom is 0.0499 e. The standard InChI is InChI=1S/C20H23N3S/c1-23-12-4-5-15(23)13-16-19-17(6-3-7-18(19)24-2)22-20(16)14-8-10-21-11-9-14/h3,6-11,15,22H,4-5,12-13H2,1-2H3/t15-/m1/s1. The van der Waals surface area contributed by atoms with E-state index in [0.717, 1.165) is 6.42 Å². The number of fused-ring (bicyclic) bond motifs is 1. The fourth-order valence-electron chi connectivity index (χ4n) is 3.89. The summed E-state index contributed by atoms with van der Waals surface area (Å²) < 4.78 is 0. The summed E-state index contributed by atoms with van der Waals surface area (Å²) in [6.07, 6.45) is 9.62. The average Bonchev–Trinajstić information content (AvgIpc) is 3.20. The molecule has 0 aliphatic carbocycles. The second-order valence-corrected chi connectivity index (χ2v) is 7.43. The minimum atomic E-state index is 0.638. The van der Waals surface area contributed by atoms with Gasteiger partial charge in [0.2, 0.25) is 0 Å². The Labute approximate surface area is 147 Å². The largest absolute Gasteiger partial charge is 0.354 e. The number of rotatable bonds is 4. The van der Waals surface area contributed by atoms with Crippen LogP contribution >= 0.6 is 11.8 Å². The van der Waals surface area contributed by atoms with Gasteiger partial charge in [0.25, 0.3) is 0 Å². The Morgan fingerprint density at radius 1 is 1.25 bits per heavy atom. The lowest BCUT2D eigenvalue weighted by Gasteiger charge is -2.20. The van der Waals surface area contributed by atoms with Crippen LogP contribution < -0.4 is 0 Å². The van der Waals surface area contributed by atoms with Crippen molar-refractivity contribution < 1.29 is 0 Å². The summed E-state index contributed by atoms with van der Waals surface area (Å²) >= 11 is 1.83. The first-order valence-corrected chi connectivity index (χ1v) is 9.78. The molecular weight excluding hydrogens is 314 g/mol. The van der Waals surface area contributed by atoms with Crippen molar-refractivity contribution in [2.75, 3.05) is 19.8 Å². The van der Waals surface area contributed by atoms with Gasteiger partial charge in [0.1, 0.15) is 0 Å². The van der Waals surface area contributed by atoms with Crippen LogP contribution in [0.2, 0.25) is 0 Å². The van der Waals surface area contributed by atoms with E-state index in [4.69, 9.17) is 0 Å². The minimum Gasteiger partial charge on any atom is -0.354 e. The van der Waals surface area contributed by atoms with Gasteiger partial charge in [-0.25, -0.2) is 0 Å². The smallest absolute Gasteiger partial charge is 0.0499 e. The Morgan fingerprint density at radius 2 is 2.08 bits per heavy atom. The Morgan fingerprint density at radius 3 is 2.79 bits per heavy atom. The van der Waals surface area contributed by atoms with E-state index in [2.05, 4.69) is 58.5 Å². The zero-order valence-electron chi connectivity index (χ0n) is 14.2. The number of pyridine rings is 1. The molecule has 2 aromatic heterocycles. The molecule has 3 nitrogen and oxygen atoms in total. The monoisotopic (exact) mass is 337 g/mol. The molecule has 4 rings (SSSR count). The first kappa shape index (κ1) is 15.7. The molecule has 124 valence electrons. The fourth-order valence-corrected chi connectivity index (χ4v) is 4.55. The summed E-state index contributed by atoms with van der Waals surface area (Å²) in [6, 6.07) is 11.4. The first-order chi connectivity index (χ1) is 11.8. The van der Waals surface area contributed by atoms with Crippen LogP contribution in [0.5, 0.6) is 0 Å². The molecule has 3 heterocycles. The van der Waals surface area contributed by atoms with Crippen molar-refractivity contribution in [3.05, 3.63) is 48.3 Å². The van der Waals surface area contributed by atoms with Crippen LogP contribution in [0.3, 0.4) is 0 Å². The highest BCUT2D eigenvalue weighted by Gasteiger charge is 2.25. The molecule has 4 heteroatoms. The molecule has 0 unspecified atom stereocenters. The van der Waals surface area contributed by atoms with E-state index < -0.39 is 0 Å². The van der Waals surface area contributed by atoms with Crippen molar-refractivity contribution in [3.8, 4) is 11.3 Å². The normalized spacial score (nSPS) is 18.5. The summed E-state index contributed by atoms with van der Waals surface area (Å²) in [5, 5.41) is 1.40. The van der Waals surface area contributed by atoms with E-state index >= 15 is 0 Å². The molecule has 1 aliphatic rings. The van der Waals surface area contributed by atoms with Crippen molar-refractivity contribution in [1.29, 1.82) is 0 Å². The molecular formula is C20H23N3S. The number of benzene rings is 1. The summed E-state index contributed by atoms with van der Waals surface area (Å²) in [5.41, 5.74) is 5.18. The summed E-state index contributed by atoms with van der Waals surface area (Å²) in [5.74, 6) is 0. The molecule has 1 saturated heterocycles. The zero-order valence-corrected chi connectivity index (χ0v) is 15.1. The van der Waals surface area contributed by atoms with Gasteiger partial charge >= 0.3 is 0 Å². The van der Waals surface area contributed by atoms with E-state index in [0.29, 0.717) is 6.04 Å². The second kappa shape index (κ2) is 6.61. The molecule has 1 aliphatic heterocycles. The van der Waals surface area contributed by atoms with Crippen LogP contribution in [0.1, 0.15) is 18.4 Å². The number of hydrogen-bond acceptors (Lipinski definition) is 3. The third-order valence-corrected chi connectivity index (χ3v) is 5.97. The number of thioether (sulfide) groups is 1. The van der Waals surface area contributed by atoms with Crippen LogP contribution in [-0.2, 0) is 6.42 Å². The zero-order chi connectivity index (χ0) is 16.5. The topological polar surface area (TPSA) is 31.9 Å². The Hall–Kier alpha value is -1.78. The lowest BCUT2D eigenvalue weighted by atomic mass is 9.98. The van der Waals surface area contributed by atoms with Crippen molar-refractivity contribution >= 4 is 22.7 Å². The molecule has 0 radical (unpaired) electrons. The van der Waals surface area contributed by atoms with E-state index in [-0.39, 0.29) is 0 Å². The van der Waals surface area contributed by atoms with Gasteiger partial charge in [-0.1, -0.05) is 6.07 Å². The predicted molar refractivity (Wildman–Crippen MR) is 103 cm³/mol. The van der Waals surface area contributed by atoms with E-state index in [1.807, 2.05) is 24.2 Å². The quantitative estimate of drug-likeness (QED) is 0.707.